The standard InChI is InChI=1S/C29H41F3N2O/c1-4-7-10-24-11-15-26(16-12-24)28(35)34(22-21-33(19-8-5-2)20-9-6-3)23-25-13-17-27(18-14-25)29(30,31)32/h11-18H,4-10,19-23H2,1-3H3. The summed E-state index contributed by atoms with van der Waals surface area (Å²) in [5.74, 6) is -0.0853. The smallest absolute Gasteiger partial charge is 0.333 e. The van der Waals surface area contributed by atoms with Crippen LogP contribution in [0.4, 0.5) is 13.2 Å². The molecule has 2 aromatic rings. The first-order valence-electron chi connectivity index (χ1n) is 13.0. The highest BCUT2D eigenvalue weighted by Gasteiger charge is 2.30. The summed E-state index contributed by atoms with van der Waals surface area (Å²) in [5, 5.41) is 0. The maximum Gasteiger partial charge on any atom is 0.416 e. The maximum atomic E-state index is 13.5. The molecule has 0 fully saturated rings. The summed E-state index contributed by atoms with van der Waals surface area (Å²) in [7, 11) is 0. The van der Waals surface area contributed by atoms with Gasteiger partial charge in [0.15, 0.2) is 0 Å². The molecule has 0 heterocycles. The number of halogens is 3. The highest BCUT2D eigenvalue weighted by Crippen LogP contribution is 2.29. The van der Waals surface area contributed by atoms with E-state index in [1.807, 2.05) is 24.3 Å². The second kappa shape index (κ2) is 14.9. The minimum atomic E-state index is -4.37. The molecule has 0 aliphatic rings. The van der Waals surface area contributed by atoms with Crippen LogP contribution in [-0.4, -0.2) is 41.9 Å². The number of benzene rings is 2. The van der Waals surface area contributed by atoms with Gasteiger partial charge in [-0.25, -0.2) is 0 Å². The van der Waals surface area contributed by atoms with Gasteiger partial charge in [0.1, 0.15) is 0 Å². The molecule has 0 aliphatic heterocycles. The Labute approximate surface area is 209 Å². The number of carbonyl (C=O) groups is 1. The first-order valence-corrected chi connectivity index (χ1v) is 13.0. The molecule has 0 unspecified atom stereocenters. The van der Waals surface area contributed by atoms with Gasteiger partial charge in [0.2, 0.25) is 0 Å². The first kappa shape index (κ1) is 28.9. The van der Waals surface area contributed by atoms with Crippen LogP contribution in [0.25, 0.3) is 0 Å². The summed E-state index contributed by atoms with van der Waals surface area (Å²) >= 11 is 0. The predicted molar refractivity (Wildman–Crippen MR) is 137 cm³/mol. The van der Waals surface area contributed by atoms with Gasteiger partial charge in [0, 0.05) is 25.2 Å². The third kappa shape index (κ3) is 10.0. The second-order valence-corrected chi connectivity index (χ2v) is 9.27. The molecule has 0 aromatic heterocycles. The number of carbonyl (C=O) groups excluding carboxylic acids is 1. The Morgan fingerprint density at radius 1 is 0.714 bits per heavy atom. The third-order valence-electron chi connectivity index (χ3n) is 6.30. The van der Waals surface area contributed by atoms with Gasteiger partial charge >= 0.3 is 6.18 Å². The molecule has 3 nitrogen and oxygen atoms in total. The van der Waals surface area contributed by atoms with E-state index in [1.54, 1.807) is 4.90 Å². The molecule has 2 aromatic carbocycles. The molecule has 0 aliphatic carbocycles. The van der Waals surface area contributed by atoms with Gasteiger partial charge in [-0.1, -0.05) is 64.3 Å². The number of hydrogen-bond donors (Lipinski definition) is 0. The molecule has 0 saturated carbocycles. The minimum absolute atomic E-state index is 0.0853. The zero-order valence-electron chi connectivity index (χ0n) is 21.5. The summed E-state index contributed by atoms with van der Waals surface area (Å²) in [6.45, 7) is 10.0. The molecule has 0 bridgehead atoms. The fourth-order valence-electron chi connectivity index (χ4n) is 4.01. The van der Waals surface area contributed by atoms with Crippen molar-refractivity contribution in [1.82, 2.24) is 9.80 Å². The van der Waals surface area contributed by atoms with E-state index in [0.29, 0.717) is 17.7 Å². The average Bonchev–Trinajstić information content (AvgIpc) is 2.85. The van der Waals surface area contributed by atoms with Gasteiger partial charge in [-0.2, -0.15) is 13.2 Å². The number of unbranched alkanes of at least 4 members (excludes halogenated alkanes) is 3. The Bertz CT molecular complexity index is 855. The Kier molecular flexibility index (Phi) is 12.3. The van der Waals surface area contributed by atoms with Gasteiger partial charge in [-0.3, -0.25) is 4.79 Å². The zero-order valence-corrected chi connectivity index (χ0v) is 21.5. The van der Waals surface area contributed by atoms with Gasteiger partial charge in [-0.15, -0.1) is 0 Å². The van der Waals surface area contributed by atoms with Gasteiger partial charge < -0.3 is 9.80 Å². The molecule has 1 amide bonds. The predicted octanol–water partition coefficient (Wildman–Crippen LogP) is 7.59. The monoisotopic (exact) mass is 490 g/mol. The number of amides is 1. The zero-order chi connectivity index (χ0) is 25.7. The van der Waals surface area contributed by atoms with Crippen LogP contribution in [0, 0.1) is 0 Å². The number of hydrogen-bond acceptors (Lipinski definition) is 2. The van der Waals surface area contributed by atoms with E-state index in [-0.39, 0.29) is 12.5 Å². The summed E-state index contributed by atoms with van der Waals surface area (Å²) in [4.78, 5) is 17.6. The Morgan fingerprint density at radius 2 is 1.26 bits per heavy atom. The van der Waals surface area contributed by atoms with Crippen molar-refractivity contribution in [2.45, 2.75) is 78.4 Å². The van der Waals surface area contributed by atoms with E-state index < -0.39 is 11.7 Å². The molecule has 194 valence electrons. The lowest BCUT2D eigenvalue weighted by Gasteiger charge is -2.28. The molecular formula is C29H41F3N2O. The minimum Gasteiger partial charge on any atom is -0.333 e. The van der Waals surface area contributed by atoms with Crippen molar-refractivity contribution >= 4 is 5.91 Å². The third-order valence-corrected chi connectivity index (χ3v) is 6.30. The van der Waals surface area contributed by atoms with Crippen molar-refractivity contribution < 1.29 is 18.0 Å². The molecule has 0 spiro atoms. The molecule has 6 heteroatoms. The van der Waals surface area contributed by atoms with Gasteiger partial charge in [0.05, 0.1) is 5.56 Å². The van der Waals surface area contributed by atoms with Crippen molar-refractivity contribution in [3.8, 4) is 0 Å². The summed E-state index contributed by atoms with van der Waals surface area (Å²) in [6, 6.07) is 12.9. The number of alkyl halides is 3. The van der Waals surface area contributed by atoms with Crippen LogP contribution < -0.4 is 0 Å². The first-order chi connectivity index (χ1) is 16.8. The van der Waals surface area contributed by atoms with Crippen molar-refractivity contribution in [1.29, 1.82) is 0 Å². The van der Waals surface area contributed by atoms with Crippen LogP contribution in [0.2, 0.25) is 0 Å². The van der Waals surface area contributed by atoms with Crippen molar-refractivity contribution in [2.24, 2.45) is 0 Å². The van der Waals surface area contributed by atoms with Crippen LogP contribution in [0.3, 0.4) is 0 Å². The molecule has 0 N–H and O–H groups in total. The largest absolute Gasteiger partial charge is 0.416 e. The molecule has 0 atom stereocenters. The number of nitrogens with zero attached hydrogens (tertiary/aromatic N) is 2. The quantitative estimate of drug-likeness (QED) is 0.257. The fraction of sp³-hybridized carbons (Fsp3) is 0.552. The number of aryl methyl sites for hydroxylation is 1. The Morgan fingerprint density at radius 3 is 1.77 bits per heavy atom. The lowest BCUT2D eigenvalue weighted by molar-refractivity contribution is -0.137. The molecule has 0 saturated heterocycles. The van der Waals surface area contributed by atoms with Crippen LogP contribution in [0.15, 0.2) is 48.5 Å². The molecule has 0 radical (unpaired) electrons. The Balaban J connectivity index is 2.19. The van der Waals surface area contributed by atoms with Crippen molar-refractivity contribution in [3.05, 3.63) is 70.8 Å². The molecule has 35 heavy (non-hydrogen) atoms. The van der Waals surface area contributed by atoms with E-state index in [1.165, 1.54) is 17.7 Å². The van der Waals surface area contributed by atoms with Crippen LogP contribution in [-0.2, 0) is 19.1 Å². The SMILES string of the molecule is CCCCc1ccc(C(=O)N(CCN(CCCC)CCCC)Cc2ccc(C(F)(F)F)cc2)cc1. The lowest BCUT2D eigenvalue weighted by Crippen LogP contribution is -2.39. The average molecular weight is 491 g/mol. The normalized spacial score (nSPS) is 11.7. The maximum absolute atomic E-state index is 13.5. The van der Waals surface area contributed by atoms with Crippen LogP contribution >= 0.6 is 0 Å². The van der Waals surface area contributed by atoms with Gasteiger partial charge in [0.25, 0.3) is 5.91 Å². The highest BCUT2D eigenvalue weighted by molar-refractivity contribution is 5.94. The molecule has 2 rings (SSSR count). The lowest BCUT2D eigenvalue weighted by atomic mass is 10.1. The van der Waals surface area contributed by atoms with E-state index in [4.69, 9.17) is 0 Å². The molecular weight excluding hydrogens is 449 g/mol. The number of rotatable bonds is 15. The van der Waals surface area contributed by atoms with Crippen molar-refractivity contribution in [3.63, 3.8) is 0 Å². The summed E-state index contributed by atoms with van der Waals surface area (Å²) in [6.07, 6.45) is 3.29. The van der Waals surface area contributed by atoms with Gasteiger partial charge in [-0.05, 0) is 74.2 Å². The fourth-order valence-corrected chi connectivity index (χ4v) is 4.01. The summed E-state index contributed by atoms with van der Waals surface area (Å²) in [5.41, 5.74) is 1.85. The van der Waals surface area contributed by atoms with Crippen molar-refractivity contribution in [2.75, 3.05) is 26.2 Å². The Hall–Kier alpha value is -2.34. The summed E-state index contributed by atoms with van der Waals surface area (Å²) < 4.78 is 39.0. The van der Waals surface area contributed by atoms with Crippen LogP contribution in [0.1, 0.15) is 86.3 Å². The van der Waals surface area contributed by atoms with Crippen LogP contribution in [0.5, 0.6) is 0 Å². The van der Waals surface area contributed by atoms with E-state index >= 15 is 0 Å². The van der Waals surface area contributed by atoms with E-state index in [2.05, 4.69) is 25.7 Å². The highest BCUT2D eigenvalue weighted by atomic mass is 19.4. The van der Waals surface area contributed by atoms with E-state index in [0.717, 1.165) is 76.7 Å². The van der Waals surface area contributed by atoms with E-state index in [9.17, 15) is 18.0 Å². The second-order valence-electron chi connectivity index (χ2n) is 9.27. The topological polar surface area (TPSA) is 23.6 Å².